The van der Waals surface area contributed by atoms with Gasteiger partial charge in [-0.15, -0.1) is 0 Å². The lowest BCUT2D eigenvalue weighted by atomic mass is 10.2. The number of halogens is 2. The number of rotatable bonds is 9. The maximum Gasteiger partial charge on any atom is 0.241 e. The fourth-order valence-electron chi connectivity index (χ4n) is 2.09. The Morgan fingerprint density at radius 1 is 1.27 bits per heavy atom. The Morgan fingerprint density at radius 2 is 2.04 bits per heavy atom. The molecule has 0 saturated carbocycles. The van der Waals surface area contributed by atoms with Gasteiger partial charge in [-0.2, -0.15) is 16.5 Å². The van der Waals surface area contributed by atoms with Crippen LogP contribution in [-0.4, -0.2) is 32.4 Å². The number of hydrogen-bond acceptors (Lipinski definition) is 5. The number of nitrogens with one attached hydrogen (secondary N) is 2. The number of carbonyl (C=O) groups excluding carboxylic acids is 1. The van der Waals surface area contributed by atoms with Crippen LogP contribution in [0.5, 0.6) is 0 Å². The van der Waals surface area contributed by atoms with E-state index in [4.69, 9.17) is 27.6 Å². The van der Waals surface area contributed by atoms with Crippen LogP contribution in [-0.2, 0) is 21.4 Å². The molecule has 0 saturated heterocycles. The summed E-state index contributed by atoms with van der Waals surface area (Å²) in [6, 6.07) is 6.49. The van der Waals surface area contributed by atoms with Crippen LogP contribution in [0.25, 0.3) is 0 Å². The number of carbonyl (C=O) groups is 1. The standard InChI is InChI=1S/C16H18Cl2N2O4S2/c1-25-8-6-15(16(21)19-10-11-3-2-7-24-11)20-26(22,23)12-4-5-13(17)14(18)9-12/h2-5,7,9,15,20H,6,8,10H2,1H3,(H,19,21)/t15-/m1/s1. The molecule has 0 spiro atoms. The van der Waals surface area contributed by atoms with Gasteiger partial charge in [0.05, 0.1) is 27.7 Å². The first-order valence-corrected chi connectivity index (χ1v) is 11.2. The molecule has 1 aromatic heterocycles. The Hall–Kier alpha value is -1.19. The van der Waals surface area contributed by atoms with E-state index in [1.165, 1.54) is 36.2 Å². The Balaban J connectivity index is 2.11. The Bertz CT molecular complexity index is 842. The highest BCUT2D eigenvalue weighted by atomic mass is 35.5. The number of hydrogen-bond donors (Lipinski definition) is 2. The summed E-state index contributed by atoms with van der Waals surface area (Å²) in [6.07, 6.45) is 3.72. The van der Waals surface area contributed by atoms with Gasteiger partial charge >= 0.3 is 0 Å². The summed E-state index contributed by atoms with van der Waals surface area (Å²) in [7, 11) is -3.93. The molecular formula is C16H18Cl2N2O4S2. The van der Waals surface area contributed by atoms with Gasteiger partial charge in [0.15, 0.2) is 0 Å². The maximum absolute atomic E-state index is 12.6. The first-order valence-electron chi connectivity index (χ1n) is 7.60. The van der Waals surface area contributed by atoms with Gasteiger partial charge in [-0.25, -0.2) is 8.42 Å². The van der Waals surface area contributed by atoms with E-state index in [1.807, 2.05) is 6.26 Å². The average Bonchev–Trinajstić information content (AvgIpc) is 3.12. The minimum absolute atomic E-state index is 0.0557. The monoisotopic (exact) mass is 436 g/mol. The summed E-state index contributed by atoms with van der Waals surface area (Å²) in [5.74, 6) is 0.760. The molecule has 0 aliphatic rings. The van der Waals surface area contributed by atoms with Gasteiger partial charge in [0.25, 0.3) is 0 Å². The van der Waals surface area contributed by atoms with E-state index in [-0.39, 0.29) is 21.5 Å². The number of furan rings is 1. The van der Waals surface area contributed by atoms with Crippen molar-refractivity contribution in [2.45, 2.75) is 23.9 Å². The SMILES string of the molecule is CSCC[C@@H](NS(=O)(=O)c1ccc(Cl)c(Cl)c1)C(=O)NCc1ccco1. The summed E-state index contributed by atoms with van der Waals surface area (Å²) in [5, 5.41) is 3.05. The molecular weight excluding hydrogens is 419 g/mol. The first-order chi connectivity index (χ1) is 12.3. The third-order valence-corrected chi connectivity index (χ3v) is 6.30. The minimum atomic E-state index is -3.93. The zero-order valence-electron chi connectivity index (χ0n) is 13.9. The van der Waals surface area contributed by atoms with Crippen molar-refractivity contribution in [3.05, 3.63) is 52.4 Å². The summed E-state index contributed by atoms with van der Waals surface area (Å²) in [4.78, 5) is 12.4. The van der Waals surface area contributed by atoms with Crippen molar-refractivity contribution < 1.29 is 17.6 Å². The van der Waals surface area contributed by atoms with Crippen molar-refractivity contribution >= 4 is 50.9 Å². The molecule has 0 unspecified atom stereocenters. The quantitative estimate of drug-likeness (QED) is 0.629. The molecule has 142 valence electrons. The van der Waals surface area contributed by atoms with Crippen molar-refractivity contribution in [1.82, 2.24) is 10.0 Å². The average molecular weight is 437 g/mol. The zero-order chi connectivity index (χ0) is 19.2. The van der Waals surface area contributed by atoms with Crippen molar-refractivity contribution in [3.63, 3.8) is 0 Å². The van der Waals surface area contributed by atoms with Crippen LogP contribution in [0, 0.1) is 0 Å². The largest absolute Gasteiger partial charge is 0.467 e. The normalized spacial score (nSPS) is 12.7. The van der Waals surface area contributed by atoms with Crippen LogP contribution in [0.1, 0.15) is 12.2 Å². The van der Waals surface area contributed by atoms with E-state index in [0.29, 0.717) is 17.9 Å². The number of benzene rings is 1. The molecule has 1 amide bonds. The van der Waals surface area contributed by atoms with Crippen LogP contribution in [0.15, 0.2) is 45.9 Å². The van der Waals surface area contributed by atoms with Gasteiger partial charge in [-0.3, -0.25) is 4.79 Å². The van der Waals surface area contributed by atoms with Crippen molar-refractivity contribution in [3.8, 4) is 0 Å². The topological polar surface area (TPSA) is 88.4 Å². The fraction of sp³-hybridized carbons (Fsp3) is 0.312. The molecule has 2 rings (SSSR count). The van der Waals surface area contributed by atoms with Crippen LogP contribution in [0.2, 0.25) is 10.0 Å². The highest BCUT2D eigenvalue weighted by Crippen LogP contribution is 2.25. The van der Waals surface area contributed by atoms with Gasteiger partial charge in [-0.1, -0.05) is 23.2 Å². The molecule has 0 aliphatic heterocycles. The van der Waals surface area contributed by atoms with Crippen molar-refractivity contribution in [1.29, 1.82) is 0 Å². The Morgan fingerprint density at radius 3 is 2.65 bits per heavy atom. The van der Waals surface area contributed by atoms with E-state index in [1.54, 1.807) is 12.1 Å². The molecule has 1 atom stereocenters. The minimum Gasteiger partial charge on any atom is -0.467 e. The summed E-state index contributed by atoms with van der Waals surface area (Å²) < 4.78 is 32.8. The van der Waals surface area contributed by atoms with Gasteiger partial charge in [-0.05, 0) is 48.8 Å². The third kappa shape index (κ3) is 5.92. The van der Waals surface area contributed by atoms with Crippen LogP contribution in [0.3, 0.4) is 0 Å². The van der Waals surface area contributed by atoms with Crippen LogP contribution in [0.4, 0.5) is 0 Å². The lowest BCUT2D eigenvalue weighted by Crippen LogP contribution is -2.46. The number of amides is 1. The number of thioether (sulfide) groups is 1. The lowest BCUT2D eigenvalue weighted by Gasteiger charge is -2.18. The van der Waals surface area contributed by atoms with Crippen LogP contribution < -0.4 is 10.0 Å². The molecule has 2 aromatic rings. The highest BCUT2D eigenvalue weighted by molar-refractivity contribution is 7.98. The molecule has 2 N–H and O–H groups in total. The molecule has 1 heterocycles. The summed E-state index contributed by atoms with van der Waals surface area (Å²) in [5.41, 5.74) is 0. The van der Waals surface area contributed by atoms with E-state index < -0.39 is 22.0 Å². The molecule has 0 fully saturated rings. The highest BCUT2D eigenvalue weighted by Gasteiger charge is 2.26. The molecule has 6 nitrogen and oxygen atoms in total. The first kappa shape index (κ1) is 21.1. The lowest BCUT2D eigenvalue weighted by molar-refractivity contribution is -0.123. The molecule has 10 heteroatoms. The summed E-state index contributed by atoms with van der Waals surface area (Å²) in [6.45, 7) is 0.177. The second-order valence-corrected chi connectivity index (χ2v) is 8.84. The van der Waals surface area contributed by atoms with Crippen molar-refractivity contribution in [2.75, 3.05) is 12.0 Å². The third-order valence-electron chi connectivity index (χ3n) is 3.44. The predicted molar refractivity (Wildman–Crippen MR) is 104 cm³/mol. The molecule has 0 radical (unpaired) electrons. The Kier molecular flexibility index (Phi) is 7.85. The summed E-state index contributed by atoms with van der Waals surface area (Å²) >= 11 is 13.2. The van der Waals surface area contributed by atoms with E-state index >= 15 is 0 Å². The van der Waals surface area contributed by atoms with Gasteiger partial charge in [0, 0.05) is 0 Å². The number of sulfonamides is 1. The Labute approximate surface area is 166 Å². The zero-order valence-corrected chi connectivity index (χ0v) is 17.0. The second kappa shape index (κ2) is 9.66. The predicted octanol–water partition coefficient (Wildman–Crippen LogP) is 3.30. The smallest absolute Gasteiger partial charge is 0.241 e. The molecule has 26 heavy (non-hydrogen) atoms. The van der Waals surface area contributed by atoms with Gasteiger partial charge in [0.1, 0.15) is 11.8 Å². The molecule has 0 aliphatic carbocycles. The van der Waals surface area contributed by atoms with Crippen LogP contribution >= 0.6 is 35.0 Å². The van der Waals surface area contributed by atoms with E-state index in [2.05, 4.69) is 10.0 Å². The molecule has 0 bridgehead atoms. The van der Waals surface area contributed by atoms with E-state index in [0.717, 1.165) is 0 Å². The molecule has 1 aromatic carbocycles. The van der Waals surface area contributed by atoms with Gasteiger partial charge < -0.3 is 9.73 Å². The maximum atomic E-state index is 12.6. The second-order valence-electron chi connectivity index (χ2n) is 5.33. The van der Waals surface area contributed by atoms with E-state index in [9.17, 15) is 13.2 Å². The van der Waals surface area contributed by atoms with Crippen molar-refractivity contribution in [2.24, 2.45) is 0 Å². The fourth-order valence-corrected chi connectivity index (χ4v) is 4.18. The van der Waals surface area contributed by atoms with Gasteiger partial charge in [0.2, 0.25) is 15.9 Å².